The molecule has 0 unspecified atom stereocenters. The molecule has 27 heavy (non-hydrogen) atoms. The molecule has 2 heterocycles. The van der Waals surface area contributed by atoms with Crippen LogP contribution in [0.2, 0.25) is 0 Å². The van der Waals surface area contributed by atoms with Crippen LogP contribution >= 0.6 is 11.3 Å². The number of quaternary nitrogens is 1. The molecule has 1 aromatic rings. The molecule has 3 rings (SSSR count). The van der Waals surface area contributed by atoms with Crippen molar-refractivity contribution in [2.75, 3.05) is 19.6 Å². The maximum Gasteiger partial charge on any atom is 0.264 e. The van der Waals surface area contributed by atoms with E-state index in [1.54, 1.807) is 11.0 Å². The highest BCUT2D eigenvalue weighted by Crippen LogP contribution is 2.27. The summed E-state index contributed by atoms with van der Waals surface area (Å²) in [6.07, 6.45) is 6.34. The molecule has 2 aliphatic rings. The summed E-state index contributed by atoms with van der Waals surface area (Å²) in [5, 5.41) is 6.72. The summed E-state index contributed by atoms with van der Waals surface area (Å²) in [4.78, 5) is 39.8. The Bertz CT molecular complexity index is 658. The van der Waals surface area contributed by atoms with Gasteiger partial charge in [0.2, 0.25) is 11.8 Å². The highest BCUT2D eigenvalue weighted by Gasteiger charge is 2.37. The predicted octanol–water partition coefficient (Wildman–Crippen LogP) is 0.0764. The SMILES string of the molecule is NC(=O)[C@H](CC1CCCCC1)NC(=O)[C@H]1C[NH2+]CCN1C(=O)c1cccs1. The Morgan fingerprint density at radius 2 is 2.07 bits per heavy atom. The Morgan fingerprint density at radius 3 is 2.74 bits per heavy atom. The van der Waals surface area contributed by atoms with Gasteiger partial charge in [-0.05, 0) is 23.8 Å². The summed E-state index contributed by atoms with van der Waals surface area (Å²) in [6.45, 7) is 1.78. The summed E-state index contributed by atoms with van der Waals surface area (Å²) in [7, 11) is 0. The number of thiophene rings is 1. The average Bonchev–Trinajstić information content (AvgIpc) is 3.22. The van der Waals surface area contributed by atoms with Crippen molar-refractivity contribution in [3.63, 3.8) is 0 Å². The van der Waals surface area contributed by atoms with Crippen LogP contribution in [0.1, 0.15) is 48.2 Å². The number of nitrogens with zero attached hydrogens (tertiary/aromatic N) is 1. The first-order chi connectivity index (χ1) is 13.1. The van der Waals surface area contributed by atoms with Crippen molar-refractivity contribution in [2.24, 2.45) is 11.7 Å². The number of primary amides is 1. The van der Waals surface area contributed by atoms with Crippen molar-refractivity contribution in [1.29, 1.82) is 0 Å². The summed E-state index contributed by atoms with van der Waals surface area (Å²) in [5.74, 6) is -0.472. The third-order valence-corrected chi connectivity index (χ3v) is 6.45. The lowest BCUT2D eigenvalue weighted by Crippen LogP contribution is -2.93. The van der Waals surface area contributed by atoms with Crippen molar-refractivity contribution < 1.29 is 19.7 Å². The molecule has 3 amide bonds. The Balaban J connectivity index is 1.65. The molecule has 1 aliphatic carbocycles. The van der Waals surface area contributed by atoms with Gasteiger partial charge >= 0.3 is 0 Å². The van der Waals surface area contributed by atoms with E-state index >= 15 is 0 Å². The summed E-state index contributed by atoms with van der Waals surface area (Å²) in [5.41, 5.74) is 5.56. The number of carbonyl (C=O) groups excluding carboxylic acids is 3. The van der Waals surface area contributed by atoms with Gasteiger partial charge in [0, 0.05) is 0 Å². The highest BCUT2D eigenvalue weighted by atomic mass is 32.1. The molecule has 2 fully saturated rings. The number of amides is 3. The van der Waals surface area contributed by atoms with Crippen LogP contribution in [-0.4, -0.2) is 54.3 Å². The van der Waals surface area contributed by atoms with E-state index in [0.29, 0.717) is 30.3 Å². The third-order valence-electron chi connectivity index (χ3n) is 5.59. The Hall–Kier alpha value is -1.93. The molecule has 1 aromatic heterocycles. The monoisotopic (exact) mass is 393 g/mol. The second-order valence-electron chi connectivity index (χ2n) is 7.51. The fourth-order valence-electron chi connectivity index (χ4n) is 4.09. The summed E-state index contributed by atoms with van der Waals surface area (Å²) in [6, 6.07) is 2.36. The zero-order chi connectivity index (χ0) is 19.2. The summed E-state index contributed by atoms with van der Waals surface area (Å²) >= 11 is 1.37. The highest BCUT2D eigenvalue weighted by molar-refractivity contribution is 7.12. The van der Waals surface area contributed by atoms with Crippen LogP contribution in [0.15, 0.2) is 17.5 Å². The predicted molar refractivity (Wildman–Crippen MR) is 103 cm³/mol. The Morgan fingerprint density at radius 1 is 1.30 bits per heavy atom. The molecular weight excluding hydrogens is 364 g/mol. The zero-order valence-electron chi connectivity index (χ0n) is 15.6. The van der Waals surface area contributed by atoms with Gasteiger partial charge in [-0.25, -0.2) is 0 Å². The van der Waals surface area contributed by atoms with Crippen molar-refractivity contribution in [3.05, 3.63) is 22.4 Å². The van der Waals surface area contributed by atoms with E-state index in [4.69, 9.17) is 5.73 Å². The molecule has 0 radical (unpaired) electrons. The fourth-order valence-corrected chi connectivity index (χ4v) is 4.77. The maximum atomic E-state index is 12.9. The summed E-state index contributed by atoms with van der Waals surface area (Å²) < 4.78 is 0. The molecular formula is C19H29N4O3S+. The first-order valence-electron chi connectivity index (χ1n) is 9.82. The van der Waals surface area contributed by atoms with Crippen LogP contribution in [0.25, 0.3) is 0 Å². The van der Waals surface area contributed by atoms with Gasteiger partial charge in [0.05, 0.1) is 18.0 Å². The molecule has 8 heteroatoms. The average molecular weight is 394 g/mol. The molecule has 7 nitrogen and oxygen atoms in total. The van der Waals surface area contributed by atoms with E-state index in [2.05, 4.69) is 5.32 Å². The largest absolute Gasteiger partial charge is 0.368 e. The van der Waals surface area contributed by atoms with Crippen LogP contribution in [0.5, 0.6) is 0 Å². The number of hydrogen-bond acceptors (Lipinski definition) is 4. The molecule has 0 bridgehead atoms. The molecule has 2 atom stereocenters. The van der Waals surface area contributed by atoms with Gasteiger partial charge in [-0.15, -0.1) is 11.3 Å². The van der Waals surface area contributed by atoms with Crippen molar-refractivity contribution >= 4 is 29.1 Å². The van der Waals surface area contributed by atoms with Gasteiger partial charge < -0.3 is 21.3 Å². The van der Waals surface area contributed by atoms with Gasteiger partial charge in [0.1, 0.15) is 12.6 Å². The first kappa shape index (κ1) is 19.8. The van der Waals surface area contributed by atoms with Crippen LogP contribution in [0, 0.1) is 5.92 Å². The Labute approximate surface area is 163 Å². The Kier molecular flexibility index (Phi) is 6.84. The van der Waals surface area contributed by atoms with E-state index in [0.717, 1.165) is 19.4 Å². The molecule has 148 valence electrons. The first-order valence-corrected chi connectivity index (χ1v) is 10.7. The molecule has 1 saturated carbocycles. The minimum Gasteiger partial charge on any atom is -0.368 e. The second kappa shape index (κ2) is 9.32. The fraction of sp³-hybridized carbons (Fsp3) is 0.632. The number of rotatable bonds is 6. The maximum absolute atomic E-state index is 12.9. The van der Waals surface area contributed by atoms with Gasteiger partial charge in [0.25, 0.3) is 5.91 Å². The number of nitrogens with two attached hydrogens (primary N) is 2. The van der Waals surface area contributed by atoms with E-state index in [-0.39, 0.29) is 11.8 Å². The zero-order valence-corrected chi connectivity index (χ0v) is 16.4. The minimum absolute atomic E-state index is 0.124. The molecule has 0 spiro atoms. The third kappa shape index (κ3) is 5.07. The van der Waals surface area contributed by atoms with Crippen LogP contribution < -0.4 is 16.4 Å². The van der Waals surface area contributed by atoms with Crippen molar-refractivity contribution in [3.8, 4) is 0 Å². The van der Waals surface area contributed by atoms with Gasteiger partial charge in [0.15, 0.2) is 6.04 Å². The number of piperazine rings is 1. The molecule has 1 aliphatic heterocycles. The minimum atomic E-state index is -0.666. The standard InChI is InChI=1S/C19H28N4O3S/c20-17(24)14(11-13-5-2-1-3-6-13)22-18(25)15-12-21-8-9-23(15)19(26)16-7-4-10-27-16/h4,7,10,13-15,21H,1-3,5-6,8-9,11-12H2,(H2,20,24)(H,22,25)/p+1/t14-,15+/m0/s1. The van der Waals surface area contributed by atoms with E-state index in [9.17, 15) is 14.4 Å². The van der Waals surface area contributed by atoms with Gasteiger partial charge in [-0.1, -0.05) is 38.2 Å². The van der Waals surface area contributed by atoms with Crippen LogP contribution in [0.4, 0.5) is 0 Å². The lowest BCUT2D eigenvalue weighted by atomic mass is 9.84. The van der Waals surface area contributed by atoms with E-state index < -0.39 is 18.0 Å². The van der Waals surface area contributed by atoms with Crippen molar-refractivity contribution in [1.82, 2.24) is 10.2 Å². The van der Waals surface area contributed by atoms with Crippen LogP contribution in [-0.2, 0) is 9.59 Å². The molecule has 1 saturated heterocycles. The number of nitrogens with one attached hydrogen (secondary N) is 1. The normalized spacial score (nSPS) is 22.2. The second-order valence-corrected chi connectivity index (χ2v) is 8.46. The van der Waals surface area contributed by atoms with E-state index in [1.807, 2.05) is 16.8 Å². The van der Waals surface area contributed by atoms with Crippen molar-refractivity contribution in [2.45, 2.75) is 50.6 Å². The van der Waals surface area contributed by atoms with Gasteiger partial charge in [-0.2, -0.15) is 0 Å². The number of carbonyl (C=O) groups is 3. The molecule has 0 aromatic carbocycles. The van der Waals surface area contributed by atoms with Crippen LogP contribution in [0.3, 0.4) is 0 Å². The smallest absolute Gasteiger partial charge is 0.264 e. The molecule has 5 N–H and O–H groups in total. The number of hydrogen-bond donors (Lipinski definition) is 3. The van der Waals surface area contributed by atoms with Gasteiger partial charge in [-0.3, -0.25) is 14.4 Å². The topological polar surface area (TPSA) is 109 Å². The lowest BCUT2D eigenvalue weighted by molar-refractivity contribution is -0.665. The van der Waals surface area contributed by atoms with E-state index in [1.165, 1.54) is 30.6 Å². The lowest BCUT2D eigenvalue weighted by Gasteiger charge is -2.34. The quantitative estimate of drug-likeness (QED) is 0.636.